The van der Waals surface area contributed by atoms with Gasteiger partial charge in [0, 0.05) is 19.1 Å². The fourth-order valence-electron chi connectivity index (χ4n) is 3.40. The smallest absolute Gasteiger partial charge is 0.338 e. The zero-order valence-corrected chi connectivity index (χ0v) is 15.0. The van der Waals surface area contributed by atoms with Crippen molar-refractivity contribution in [2.45, 2.75) is 37.3 Å². The summed E-state index contributed by atoms with van der Waals surface area (Å²) in [5, 5.41) is 0. The van der Waals surface area contributed by atoms with Gasteiger partial charge in [-0.25, -0.2) is 4.79 Å². The lowest BCUT2D eigenvalue weighted by Crippen LogP contribution is -2.56. The molecule has 2 fully saturated rings. The van der Waals surface area contributed by atoms with Crippen molar-refractivity contribution in [3.05, 3.63) is 71.8 Å². The van der Waals surface area contributed by atoms with Crippen LogP contribution in [0.1, 0.15) is 28.6 Å². The summed E-state index contributed by atoms with van der Waals surface area (Å²) >= 11 is 0. The van der Waals surface area contributed by atoms with E-state index < -0.39 is 24.8 Å². The van der Waals surface area contributed by atoms with Gasteiger partial charge >= 0.3 is 5.97 Å². The van der Waals surface area contributed by atoms with Gasteiger partial charge in [0.05, 0.1) is 12.2 Å². The zero-order chi connectivity index (χ0) is 18.6. The molecule has 2 heterocycles. The summed E-state index contributed by atoms with van der Waals surface area (Å²) in [6, 6.07) is 18.6. The van der Waals surface area contributed by atoms with Crippen LogP contribution in [0.25, 0.3) is 0 Å². The highest BCUT2D eigenvalue weighted by Gasteiger charge is 2.46. The zero-order valence-electron chi connectivity index (χ0n) is 15.0. The number of fused-ring (bicyclic) bond motifs is 1. The fraction of sp³-hybridized carbons (Fsp3) is 0.381. The summed E-state index contributed by atoms with van der Waals surface area (Å²) in [4.78, 5) is 12.5. The first kappa shape index (κ1) is 18.1. The number of rotatable bonds is 4. The molecule has 4 rings (SSSR count). The molecule has 0 aromatic heterocycles. The van der Waals surface area contributed by atoms with E-state index in [1.165, 1.54) is 0 Å². The van der Waals surface area contributed by atoms with Crippen LogP contribution in [0.2, 0.25) is 0 Å². The molecule has 6 heteroatoms. The Hall–Kier alpha value is -2.25. The molecule has 0 radical (unpaired) electrons. The fourth-order valence-corrected chi connectivity index (χ4v) is 3.40. The highest BCUT2D eigenvalue weighted by molar-refractivity contribution is 5.89. The largest absolute Gasteiger partial charge is 0.456 e. The summed E-state index contributed by atoms with van der Waals surface area (Å²) in [6.45, 7) is 0.337. The molecule has 0 bridgehead atoms. The third-order valence-corrected chi connectivity index (χ3v) is 4.78. The van der Waals surface area contributed by atoms with Crippen LogP contribution in [0, 0.1) is 0 Å². The number of carbonyl (C=O) groups is 1. The maximum atomic E-state index is 12.5. The number of esters is 1. The number of carbonyl (C=O) groups excluding carboxylic acids is 1. The molecule has 6 nitrogen and oxygen atoms in total. The van der Waals surface area contributed by atoms with Gasteiger partial charge < -0.3 is 23.7 Å². The van der Waals surface area contributed by atoms with E-state index in [0.717, 1.165) is 5.56 Å². The van der Waals surface area contributed by atoms with Crippen molar-refractivity contribution in [3.8, 4) is 0 Å². The van der Waals surface area contributed by atoms with Gasteiger partial charge in [-0.1, -0.05) is 48.5 Å². The van der Waals surface area contributed by atoms with Gasteiger partial charge in [0.2, 0.25) is 0 Å². The first-order valence-corrected chi connectivity index (χ1v) is 9.01. The Morgan fingerprint density at radius 2 is 1.70 bits per heavy atom. The molecule has 2 aromatic rings. The van der Waals surface area contributed by atoms with Gasteiger partial charge in [-0.3, -0.25) is 0 Å². The minimum atomic E-state index is -0.520. The molecule has 2 aromatic carbocycles. The Morgan fingerprint density at radius 1 is 1.00 bits per heavy atom. The van der Waals surface area contributed by atoms with Gasteiger partial charge in [-0.2, -0.15) is 0 Å². The normalized spacial score (nSPS) is 30.3. The van der Waals surface area contributed by atoms with Crippen molar-refractivity contribution in [1.29, 1.82) is 0 Å². The van der Waals surface area contributed by atoms with E-state index in [1.807, 2.05) is 36.4 Å². The molecule has 2 saturated heterocycles. The van der Waals surface area contributed by atoms with Gasteiger partial charge in [0.1, 0.15) is 18.3 Å². The number of hydrogen-bond donors (Lipinski definition) is 0. The highest BCUT2D eigenvalue weighted by atomic mass is 16.7. The topological polar surface area (TPSA) is 63.2 Å². The molecule has 2 aliphatic rings. The van der Waals surface area contributed by atoms with E-state index in [2.05, 4.69) is 0 Å². The average Bonchev–Trinajstić information content (AvgIpc) is 2.74. The van der Waals surface area contributed by atoms with Gasteiger partial charge in [-0.05, 0) is 12.1 Å². The number of hydrogen-bond acceptors (Lipinski definition) is 6. The predicted octanol–water partition coefficient (Wildman–Crippen LogP) is 3.09. The summed E-state index contributed by atoms with van der Waals surface area (Å²) < 4.78 is 29.0. The summed E-state index contributed by atoms with van der Waals surface area (Å²) in [5.74, 6) is -0.387. The van der Waals surface area contributed by atoms with Crippen LogP contribution < -0.4 is 0 Å². The molecule has 2 aliphatic heterocycles. The molecular weight excluding hydrogens is 348 g/mol. The first-order chi connectivity index (χ1) is 13.2. The summed E-state index contributed by atoms with van der Waals surface area (Å²) in [7, 11) is 1.57. The van der Waals surface area contributed by atoms with Gasteiger partial charge in [0.25, 0.3) is 0 Å². The monoisotopic (exact) mass is 370 g/mol. The molecule has 142 valence electrons. The van der Waals surface area contributed by atoms with E-state index in [9.17, 15) is 4.79 Å². The second-order valence-corrected chi connectivity index (χ2v) is 6.56. The summed E-state index contributed by atoms with van der Waals surface area (Å²) in [5.41, 5.74) is 1.42. The predicted molar refractivity (Wildman–Crippen MR) is 95.9 cm³/mol. The van der Waals surface area contributed by atoms with Gasteiger partial charge in [0.15, 0.2) is 12.6 Å². The van der Waals surface area contributed by atoms with Crippen LogP contribution in [-0.4, -0.2) is 44.3 Å². The molecule has 0 amide bonds. The van der Waals surface area contributed by atoms with E-state index in [-0.39, 0.29) is 12.1 Å². The Morgan fingerprint density at radius 3 is 2.41 bits per heavy atom. The molecule has 0 unspecified atom stereocenters. The minimum Gasteiger partial charge on any atom is -0.456 e. The third kappa shape index (κ3) is 4.04. The third-order valence-electron chi connectivity index (χ3n) is 4.78. The Labute approximate surface area is 157 Å². The second kappa shape index (κ2) is 8.19. The van der Waals surface area contributed by atoms with E-state index in [4.69, 9.17) is 23.7 Å². The SMILES string of the molecule is CO[C@@H]1C[C@H](OC(=O)c2ccccc2)[C@@H]2O[C@H](c3ccccc3)OC[C@H]2O1. The quantitative estimate of drug-likeness (QED) is 0.771. The molecule has 0 aliphatic carbocycles. The Kier molecular flexibility index (Phi) is 5.50. The van der Waals surface area contributed by atoms with Crippen LogP contribution in [0.3, 0.4) is 0 Å². The molecule has 27 heavy (non-hydrogen) atoms. The minimum absolute atomic E-state index is 0.337. The molecule has 0 saturated carbocycles. The van der Waals surface area contributed by atoms with E-state index in [1.54, 1.807) is 31.4 Å². The number of ether oxygens (including phenoxy) is 5. The van der Waals surface area contributed by atoms with Crippen molar-refractivity contribution < 1.29 is 28.5 Å². The van der Waals surface area contributed by atoms with Crippen LogP contribution in [-0.2, 0) is 23.7 Å². The summed E-state index contributed by atoms with van der Waals surface area (Å²) in [6.07, 6.45) is -1.87. The van der Waals surface area contributed by atoms with Crippen molar-refractivity contribution in [2.24, 2.45) is 0 Å². The van der Waals surface area contributed by atoms with Gasteiger partial charge in [-0.15, -0.1) is 0 Å². The Bertz CT molecular complexity index is 750. The van der Waals surface area contributed by atoms with Crippen molar-refractivity contribution >= 4 is 5.97 Å². The number of methoxy groups -OCH3 is 1. The highest BCUT2D eigenvalue weighted by Crippen LogP contribution is 2.35. The van der Waals surface area contributed by atoms with Crippen LogP contribution in [0.5, 0.6) is 0 Å². The molecule has 0 spiro atoms. The van der Waals surface area contributed by atoms with Crippen molar-refractivity contribution in [2.75, 3.05) is 13.7 Å². The first-order valence-electron chi connectivity index (χ1n) is 9.01. The molecule has 5 atom stereocenters. The lowest BCUT2D eigenvalue weighted by atomic mass is 9.99. The second-order valence-electron chi connectivity index (χ2n) is 6.56. The maximum absolute atomic E-state index is 12.5. The molecular formula is C21H22O6. The van der Waals surface area contributed by atoms with Crippen molar-refractivity contribution in [3.63, 3.8) is 0 Å². The lowest BCUT2D eigenvalue weighted by molar-refractivity contribution is -0.333. The van der Waals surface area contributed by atoms with Crippen LogP contribution in [0.4, 0.5) is 0 Å². The maximum Gasteiger partial charge on any atom is 0.338 e. The van der Waals surface area contributed by atoms with E-state index in [0.29, 0.717) is 18.6 Å². The average molecular weight is 370 g/mol. The standard InChI is InChI=1S/C21H22O6/c1-23-18-12-16(26-20(22)14-8-4-2-5-9-14)19-17(25-18)13-24-21(27-19)15-10-6-3-7-11-15/h2-11,16-19,21H,12-13H2,1H3/t16-,17+,18-,19-,21+/m0/s1. The van der Waals surface area contributed by atoms with Crippen LogP contribution in [0.15, 0.2) is 60.7 Å². The van der Waals surface area contributed by atoms with E-state index >= 15 is 0 Å². The number of benzene rings is 2. The van der Waals surface area contributed by atoms with Crippen molar-refractivity contribution in [1.82, 2.24) is 0 Å². The lowest BCUT2D eigenvalue weighted by Gasteiger charge is -2.45. The molecule has 0 N–H and O–H groups in total. The van der Waals surface area contributed by atoms with Crippen LogP contribution >= 0.6 is 0 Å². The Balaban J connectivity index is 1.51.